The van der Waals surface area contributed by atoms with Crippen molar-refractivity contribution in [2.45, 2.75) is 31.3 Å². The van der Waals surface area contributed by atoms with Gasteiger partial charge in [0, 0.05) is 29.5 Å². The number of amides is 1. The topological polar surface area (TPSA) is 88.3 Å². The van der Waals surface area contributed by atoms with Gasteiger partial charge in [-0.25, -0.2) is 0 Å². The van der Waals surface area contributed by atoms with Crippen LogP contribution in [0.3, 0.4) is 0 Å². The number of aromatic nitrogens is 2. The lowest BCUT2D eigenvalue weighted by atomic mass is 10.1. The first-order valence-electron chi connectivity index (χ1n) is 7.18. The molecule has 0 unspecified atom stereocenters. The molecule has 1 amide bonds. The van der Waals surface area contributed by atoms with Crippen molar-refractivity contribution in [1.29, 1.82) is 0 Å². The molecule has 2 aromatic rings. The van der Waals surface area contributed by atoms with Crippen LogP contribution in [0.4, 0.5) is 0 Å². The summed E-state index contributed by atoms with van der Waals surface area (Å²) in [4.78, 5) is 16.2. The van der Waals surface area contributed by atoms with Gasteiger partial charge in [0.1, 0.15) is 0 Å². The van der Waals surface area contributed by atoms with Crippen LogP contribution < -0.4 is 5.32 Å². The van der Waals surface area contributed by atoms with Gasteiger partial charge in [0.25, 0.3) is 5.91 Å². The number of carbonyl (C=O) groups excluding carboxylic acids is 1. The molecule has 1 aromatic heterocycles. The number of rotatable bonds is 6. The van der Waals surface area contributed by atoms with Crippen LogP contribution in [0.15, 0.2) is 28.8 Å². The van der Waals surface area contributed by atoms with Crippen molar-refractivity contribution in [2.75, 3.05) is 6.54 Å². The molecule has 2 N–H and O–H groups in total. The molecule has 0 aliphatic heterocycles. The lowest BCUT2D eigenvalue weighted by Gasteiger charge is -2.12. The van der Waals surface area contributed by atoms with E-state index in [1.54, 1.807) is 24.3 Å². The van der Waals surface area contributed by atoms with Gasteiger partial charge in [-0.15, -0.1) is 0 Å². The van der Waals surface area contributed by atoms with E-state index in [-0.39, 0.29) is 0 Å². The third-order valence-electron chi connectivity index (χ3n) is 3.51. The average Bonchev–Trinajstić information content (AvgIpc) is 3.27. The summed E-state index contributed by atoms with van der Waals surface area (Å²) in [6, 6.07) is 6.71. The summed E-state index contributed by atoms with van der Waals surface area (Å²) in [5.74, 6) is 1.18. The molecule has 1 aliphatic carbocycles. The van der Waals surface area contributed by atoms with Crippen molar-refractivity contribution in [1.82, 2.24) is 15.5 Å². The number of nitrogens with zero attached hydrogens (tertiary/aromatic N) is 2. The summed E-state index contributed by atoms with van der Waals surface area (Å²) in [6.45, 7) is 0.312. The number of nitrogens with one attached hydrogen (secondary N) is 1. The van der Waals surface area contributed by atoms with E-state index in [0.717, 1.165) is 18.7 Å². The van der Waals surface area contributed by atoms with Gasteiger partial charge >= 0.3 is 0 Å². The van der Waals surface area contributed by atoms with E-state index in [9.17, 15) is 9.90 Å². The van der Waals surface area contributed by atoms with Gasteiger partial charge in [-0.3, -0.25) is 4.79 Å². The minimum atomic E-state index is -1.29. The normalized spacial score (nSPS) is 15.5. The van der Waals surface area contributed by atoms with Crippen molar-refractivity contribution in [3.8, 4) is 0 Å². The average molecular weight is 322 g/mol. The zero-order chi connectivity index (χ0) is 15.5. The number of hydrogen-bond donors (Lipinski definition) is 2. The van der Waals surface area contributed by atoms with Gasteiger partial charge < -0.3 is 14.9 Å². The second-order valence-corrected chi connectivity index (χ2v) is 5.69. The number of aliphatic hydroxyl groups excluding tert-OH is 1. The van der Waals surface area contributed by atoms with Crippen molar-refractivity contribution in [3.05, 3.63) is 46.6 Å². The molecule has 1 atom stereocenters. The Labute approximate surface area is 132 Å². The molecule has 7 heteroatoms. The maximum Gasteiger partial charge on any atom is 0.253 e. The number of aliphatic hydroxyl groups is 1. The summed E-state index contributed by atoms with van der Waals surface area (Å²) < 4.78 is 5.12. The molecule has 6 nitrogen and oxygen atoms in total. The van der Waals surface area contributed by atoms with E-state index in [2.05, 4.69) is 15.5 Å². The van der Waals surface area contributed by atoms with Gasteiger partial charge in [-0.2, -0.15) is 4.98 Å². The largest absolute Gasteiger partial charge is 0.378 e. The third-order valence-corrected chi connectivity index (χ3v) is 3.86. The Hall–Kier alpha value is -1.92. The van der Waals surface area contributed by atoms with Gasteiger partial charge in [-0.1, -0.05) is 35.0 Å². The second-order valence-electron chi connectivity index (χ2n) is 5.29. The van der Waals surface area contributed by atoms with Crippen molar-refractivity contribution >= 4 is 17.5 Å². The zero-order valence-corrected chi connectivity index (χ0v) is 12.6. The fourth-order valence-electron chi connectivity index (χ4n) is 2.10. The third kappa shape index (κ3) is 3.45. The Morgan fingerprint density at radius 2 is 2.23 bits per heavy atom. The molecule has 0 saturated heterocycles. The predicted octanol–water partition coefficient (Wildman–Crippen LogP) is 1.99. The molecule has 0 bridgehead atoms. The number of hydrogen-bond acceptors (Lipinski definition) is 5. The minimum absolute atomic E-state index is 0.312. The maximum absolute atomic E-state index is 11.9. The van der Waals surface area contributed by atoms with Gasteiger partial charge in [0.05, 0.1) is 0 Å². The lowest BCUT2D eigenvalue weighted by molar-refractivity contribution is -0.129. The van der Waals surface area contributed by atoms with E-state index < -0.39 is 12.0 Å². The van der Waals surface area contributed by atoms with E-state index in [4.69, 9.17) is 16.1 Å². The first-order chi connectivity index (χ1) is 10.6. The van der Waals surface area contributed by atoms with Crippen molar-refractivity contribution in [3.63, 3.8) is 0 Å². The van der Waals surface area contributed by atoms with E-state index in [1.807, 2.05) is 0 Å². The summed E-state index contributed by atoms with van der Waals surface area (Å²) in [5.41, 5.74) is 0.385. The first-order valence-corrected chi connectivity index (χ1v) is 7.55. The Kier molecular flexibility index (Phi) is 4.40. The highest BCUT2D eigenvalue weighted by molar-refractivity contribution is 6.31. The Bertz CT molecular complexity index is 670. The molecule has 3 rings (SSSR count). The van der Waals surface area contributed by atoms with Gasteiger partial charge in [0.15, 0.2) is 11.9 Å². The van der Waals surface area contributed by atoms with Crippen LogP contribution in [-0.4, -0.2) is 27.7 Å². The Balaban J connectivity index is 1.50. The van der Waals surface area contributed by atoms with Crippen molar-refractivity contribution < 1.29 is 14.4 Å². The molecule has 1 saturated carbocycles. The standard InChI is InChI=1S/C15H16ClN3O3/c16-11-4-2-1-3-10(11)13(20)15(21)17-8-7-12-18-14(19-22-12)9-5-6-9/h1-4,9,13,20H,5-8H2,(H,17,21)/t13-/m0/s1. The van der Waals surface area contributed by atoms with Crippen LogP contribution in [0.1, 0.15) is 42.1 Å². The van der Waals surface area contributed by atoms with Crippen LogP contribution in [0.5, 0.6) is 0 Å². The minimum Gasteiger partial charge on any atom is -0.378 e. The highest BCUT2D eigenvalue weighted by Gasteiger charge is 2.28. The van der Waals surface area contributed by atoms with Crippen LogP contribution in [0.25, 0.3) is 0 Å². The van der Waals surface area contributed by atoms with Crippen LogP contribution in [-0.2, 0) is 11.2 Å². The molecule has 116 valence electrons. The highest BCUT2D eigenvalue weighted by atomic mass is 35.5. The van der Waals surface area contributed by atoms with E-state index in [1.165, 1.54) is 0 Å². The Morgan fingerprint density at radius 1 is 1.45 bits per heavy atom. The van der Waals surface area contributed by atoms with E-state index in [0.29, 0.717) is 35.4 Å². The molecule has 0 radical (unpaired) electrons. The second kappa shape index (κ2) is 6.46. The van der Waals surface area contributed by atoms with Gasteiger partial charge in [0.2, 0.25) is 5.89 Å². The van der Waals surface area contributed by atoms with Crippen LogP contribution in [0.2, 0.25) is 5.02 Å². The number of benzene rings is 1. The van der Waals surface area contributed by atoms with Crippen molar-refractivity contribution in [2.24, 2.45) is 0 Å². The van der Waals surface area contributed by atoms with Crippen LogP contribution >= 0.6 is 11.6 Å². The molecule has 22 heavy (non-hydrogen) atoms. The molecule has 1 aromatic carbocycles. The zero-order valence-electron chi connectivity index (χ0n) is 11.8. The monoisotopic (exact) mass is 321 g/mol. The predicted molar refractivity (Wildman–Crippen MR) is 79.4 cm³/mol. The summed E-state index contributed by atoms with van der Waals surface area (Å²) in [7, 11) is 0. The fraction of sp³-hybridized carbons (Fsp3) is 0.400. The quantitative estimate of drug-likeness (QED) is 0.849. The highest BCUT2D eigenvalue weighted by Crippen LogP contribution is 2.38. The van der Waals surface area contributed by atoms with E-state index >= 15 is 0 Å². The van der Waals surface area contributed by atoms with Crippen LogP contribution in [0, 0.1) is 0 Å². The van der Waals surface area contributed by atoms with Gasteiger partial charge in [-0.05, 0) is 18.9 Å². The molecule has 1 aliphatic rings. The SMILES string of the molecule is O=C(NCCc1nc(C2CC2)no1)[C@@H](O)c1ccccc1Cl. The molecule has 1 fully saturated rings. The fourth-order valence-corrected chi connectivity index (χ4v) is 2.34. The molecular weight excluding hydrogens is 306 g/mol. The summed E-state index contributed by atoms with van der Waals surface area (Å²) >= 11 is 5.96. The summed E-state index contributed by atoms with van der Waals surface area (Å²) in [5, 5.41) is 16.9. The molecular formula is C15H16ClN3O3. The Morgan fingerprint density at radius 3 is 2.95 bits per heavy atom. The maximum atomic E-state index is 11.9. The molecule has 1 heterocycles. The number of halogens is 1. The first kappa shape index (κ1) is 15.0. The summed E-state index contributed by atoms with van der Waals surface area (Å²) in [6.07, 6.45) is 1.36. The lowest BCUT2D eigenvalue weighted by Crippen LogP contribution is -2.31. The number of carbonyl (C=O) groups is 1. The molecule has 0 spiro atoms. The smallest absolute Gasteiger partial charge is 0.253 e.